The molecule has 0 spiro atoms. The van der Waals surface area contributed by atoms with Crippen LogP contribution < -0.4 is 0 Å². The molecule has 2 nitrogen and oxygen atoms in total. The Hall–Kier alpha value is -1.28. The molecule has 1 aromatic carbocycles. The number of piperidine rings is 1. The fourth-order valence-corrected chi connectivity index (χ4v) is 4.44. The predicted molar refractivity (Wildman–Crippen MR) is 83.1 cm³/mol. The standard InChI is InChI=1S/C18H25NO/c1-4-9-19-10-5-6-16-17(19)12-13-11-14(20)7-8-15(13)18(16,2)3/h4,7-8,11,16-17,20H,1,5-6,9-10,12H2,2-3H3. The molecule has 2 atom stereocenters. The summed E-state index contributed by atoms with van der Waals surface area (Å²) >= 11 is 0. The summed E-state index contributed by atoms with van der Waals surface area (Å²) in [6.07, 6.45) is 5.68. The molecule has 2 aliphatic rings. The van der Waals surface area contributed by atoms with E-state index in [9.17, 15) is 5.11 Å². The molecular weight excluding hydrogens is 246 g/mol. The van der Waals surface area contributed by atoms with Gasteiger partial charge in [-0.25, -0.2) is 0 Å². The minimum absolute atomic E-state index is 0.186. The molecule has 0 saturated carbocycles. The number of aromatic hydroxyl groups is 1. The van der Waals surface area contributed by atoms with Gasteiger partial charge in [-0.05, 0) is 60.4 Å². The summed E-state index contributed by atoms with van der Waals surface area (Å²) in [7, 11) is 0. The molecule has 1 aliphatic carbocycles. The van der Waals surface area contributed by atoms with Crippen molar-refractivity contribution in [3.05, 3.63) is 42.0 Å². The number of hydrogen-bond acceptors (Lipinski definition) is 2. The first-order valence-electron chi connectivity index (χ1n) is 7.71. The van der Waals surface area contributed by atoms with Crippen LogP contribution in [0.5, 0.6) is 5.75 Å². The molecule has 1 aliphatic heterocycles. The second-order valence-corrected chi connectivity index (χ2v) is 6.87. The summed E-state index contributed by atoms with van der Waals surface area (Å²) in [6, 6.07) is 6.53. The van der Waals surface area contributed by atoms with Gasteiger partial charge >= 0.3 is 0 Å². The number of fused-ring (bicyclic) bond motifs is 2. The van der Waals surface area contributed by atoms with Crippen LogP contribution in [0.4, 0.5) is 0 Å². The van der Waals surface area contributed by atoms with Crippen molar-refractivity contribution in [2.24, 2.45) is 5.92 Å². The summed E-state index contributed by atoms with van der Waals surface area (Å²) in [5.41, 5.74) is 2.94. The molecule has 0 aromatic heterocycles. The van der Waals surface area contributed by atoms with Gasteiger partial charge < -0.3 is 5.11 Å². The van der Waals surface area contributed by atoms with Gasteiger partial charge in [-0.1, -0.05) is 26.0 Å². The molecule has 1 N–H and O–H groups in total. The Balaban J connectivity index is 2.03. The Morgan fingerprint density at radius 1 is 1.45 bits per heavy atom. The third-order valence-corrected chi connectivity index (χ3v) is 5.40. The van der Waals surface area contributed by atoms with Gasteiger partial charge in [-0.2, -0.15) is 0 Å². The van der Waals surface area contributed by atoms with Crippen LogP contribution in [0.3, 0.4) is 0 Å². The van der Waals surface area contributed by atoms with E-state index in [0.717, 1.165) is 13.0 Å². The molecule has 2 unspecified atom stereocenters. The Morgan fingerprint density at radius 3 is 3.00 bits per heavy atom. The maximum absolute atomic E-state index is 9.79. The Kier molecular flexibility index (Phi) is 3.37. The number of likely N-dealkylation sites (tertiary alicyclic amines) is 1. The van der Waals surface area contributed by atoms with Crippen molar-refractivity contribution in [3.63, 3.8) is 0 Å². The average Bonchev–Trinajstić information content (AvgIpc) is 2.39. The highest BCUT2D eigenvalue weighted by Gasteiger charge is 2.45. The van der Waals surface area contributed by atoms with E-state index >= 15 is 0 Å². The average molecular weight is 271 g/mol. The SMILES string of the molecule is C=CCN1CCCC2C1Cc1cc(O)ccc1C2(C)C. The van der Waals surface area contributed by atoms with E-state index in [2.05, 4.69) is 31.4 Å². The first-order chi connectivity index (χ1) is 9.54. The van der Waals surface area contributed by atoms with Crippen molar-refractivity contribution in [2.75, 3.05) is 13.1 Å². The zero-order valence-corrected chi connectivity index (χ0v) is 12.6. The predicted octanol–water partition coefficient (Wildman–Crippen LogP) is 3.49. The molecule has 20 heavy (non-hydrogen) atoms. The Labute approximate surface area is 122 Å². The topological polar surface area (TPSA) is 23.5 Å². The molecule has 108 valence electrons. The number of nitrogens with zero attached hydrogens (tertiary/aromatic N) is 1. The largest absolute Gasteiger partial charge is 0.508 e. The third-order valence-electron chi connectivity index (χ3n) is 5.40. The summed E-state index contributed by atoms with van der Waals surface area (Å²) in [6.45, 7) is 10.8. The molecule has 0 bridgehead atoms. The summed E-state index contributed by atoms with van der Waals surface area (Å²) in [5, 5.41) is 9.79. The van der Waals surface area contributed by atoms with E-state index in [1.165, 1.54) is 30.5 Å². The van der Waals surface area contributed by atoms with Crippen molar-refractivity contribution in [1.29, 1.82) is 0 Å². The zero-order valence-electron chi connectivity index (χ0n) is 12.6. The van der Waals surface area contributed by atoms with Crippen molar-refractivity contribution in [2.45, 2.75) is 44.6 Å². The molecule has 2 heteroatoms. The molecule has 3 rings (SSSR count). The van der Waals surface area contributed by atoms with Crippen molar-refractivity contribution in [1.82, 2.24) is 4.90 Å². The van der Waals surface area contributed by atoms with Gasteiger partial charge in [-0.3, -0.25) is 4.90 Å². The highest BCUT2D eigenvalue weighted by atomic mass is 16.3. The fourth-order valence-electron chi connectivity index (χ4n) is 4.44. The quantitative estimate of drug-likeness (QED) is 0.832. The first kappa shape index (κ1) is 13.7. The van der Waals surface area contributed by atoms with Crippen molar-refractivity contribution >= 4 is 0 Å². The number of phenolic OH excluding ortho intramolecular Hbond substituents is 1. The molecule has 1 aromatic rings. The van der Waals surface area contributed by atoms with Crippen LogP contribution in [0.2, 0.25) is 0 Å². The van der Waals surface area contributed by atoms with Crippen LogP contribution in [0.15, 0.2) is 30.9 Å². The van der Waals surface area contributed by atoms with Gasteiger partial charge in [0.1, 0.15) is 5.75 Å². The minimum atomic E-state index is 0.186. The van der Waals surface area contributed by atoms with Gasteiger partial charge in [0.05, 0.1) is 0 Å². The van der Waals surface area contributed by atoms with Crippen LogP contribution in [-0.4, -0.2) is 29.1 Å². The molecule has 0 amide bonds. The zero-order chi connectivity index (χ0) is 14.3. The summed E-state index contributed by atoms with van der Waals surface area (Å²) in [5.74, 6) is 1.09. The number of rotatable bonds is 2. The Morgan fingerprint density at radius 2 is 2.25 bits per heavy atom. The summed E-state index contributed by atoms with van der Waals surface area (Å²) in [4.78, 5) is 2.58. The van der Waals surface area contributed by atoms with Crippen molar-refractivity contribution < 1.29 is 5.11 Å². The lowest BCUT2D eigenvalue weighted by Crippen LogP contribution is -2.55. The van der Waals surface area contributed by atoms with E-state index in [4.69, 9.17) is 0 Å². The first-order valence-corrected chi connectivity index (χ1v) is 7.71. The maximum atomic E-state index is 9.79. The van der Waals surface area contributed by atoms with Gasteiger partial charge in [0.15, 0.2) is 0 Å². The van der Waals surface area contributed by atoms with Gasteiger partial charge in [0.25, 0.3) is 0 Å². The smallest absolute Gasteiger partial charge is 0.115 e. The number of benzene rings is 1. The van der Waals surface area contributed by atoms with Crippen LogP contribution in [-0.2, 0) is 11.8 Å². The fraction of sp³-hybridized carbons (Fsp3) is 0.556. The molecule has 1 heterocycles. The molecule has 1 saturated heterocycles. The van der Waals surface area contributed by atoms with Gasteiger partial charge in [0, 0.05) is 12.6 Å². The van der Waals surface area contributed by atoms with E-state index in [-0.39, 0.29) is 5.41 Å². The van der Waals surface area contributed by atoms with Crippen LogP contribution in [0.25, 0.3) is 0 Å². The van der Waals surface area contributed by atoms with E-state index < -0.39 is 0 Å². The number of hydrogen-bond donors (Lipinski definition) is 1. The lowest BCUT2D eigenvalue weighted by Gasteiger charge is -2.52. The van der Waals surface area contributed by atoms with Gasteiger partial charge in [0.2, 0.25) is 0 Å². The normalized spacial score (nSPS) is 28.5. The van der Waals surface area contributed by atoms with Crippen LogP contribution in [0, 0.1) is 5.92 Å². The van der Waals surface area contributed by atoms with Crippen LogP contribution >= 0.6 is 0 Å². The van der Waals surface area contributed by atoms with E-state index in [1.807, 2.05) is 18.2 Å². The monoisotopic (exact) mass is 271 g/mol. The van der Waals surface area contributed by atoms with Crippen molar-refractivity contribution in [3.8, 4) is 5.75 Å². The van der Waals surface area contributed by atoms with Crippen LogP contribution in [0.1, 0.15) is 37.8 Å². The maximum Gasteiger partial charge on any atom is 0.115 e. The highest BCUT2D eigenvalue weighted by molar-refractivity contribution is 5.43. The molecular formula is C18H25NO. The third kappa shape index (κ3) is 2.07. The molecule has 1 fully saturated rings. The summed E-state index contributed by atoms with van der Waals surface area (Å²) < 4.78 is 0. The van der Waals surface area contributed by atoms with E-state index in [0.29, 0.717) is 17.7 Å². The number of phenols is 1. The lowest BCUT2D eigenvalue weighted by atomic mass is 9.60. The van der Waals surface area contributed by atoms with Gasteiger partial charge in [-0.15, -0.1) is 6.58 Å². The van der Waals surface area contributed by atoms with E-state index in [1.54, 1.807) is 0 Å². The second-order valence-electron chi connectivity index (χ2n) is 6.87. The lowest BCUT2D eigenvalue weighted by molar-refractivity contribution is 0.0528. The second kappa shape index (κ2) is 4.92. The Bertz CT molecular complexity index is 520. The molecule has 0 radical (unpaired) electrons. The minimum Gasteiger partial charge on any atom is -0.508 e. The highest BCUT2D eigenvalue weighted by Crippen LogP contribution is 2.47.